The number of hydrogen-bond acceptors (Lipinski definition) is 3. The largest absolute Gasteiger partial charge is 0.481 e. The molecule has 0 aromatic heterocycles. The van der Waals surface area contributed by atoms with Crippen molar-refractivity contribution in [3.05, 3.63) is 0 Å². The van der Waals surface area contributed by atoms with E-state index in [1.165, 1.54) is 0 Å². The molecular formula is C8H15NO3. The number of aliphatic carboxylic acids is 1. The van der Waals surface area contributed by atoms with Gasteiger partial charge in [0.2, 0.25) is 0 Å². The van der Waals surface area contributed by atoms with Gasteiger partial charge < -0.3 is 15.6 Å². The van der Waals surface area contributed by atoms with Crippen LogP contribution in [0.15, 0.2) is 0 Å². The average molecular weight is 173 g/mol. The van der Waals surface area contributed by atoms with Gasteiger partial charge in [0, 0.05) is 6.04 Å². The lowest BCUT2D eigenvalue weighted by atomic mass is 9.74. The first-order chi connectivity index (χ1) is 5.50. The zero-order valence-corrected chi connectivity index (χ0v) is 7.41. The molecule has 4 heteroatoms. The Morgan fingerprint density at radius 3 is 2.17 bits per heavy atom. The predicted octanol–water partition coefficient (Wildman–Crippen LogP) is 0.0709. The quantitative estimate of drug-likeness (QED) is 0.633. The number of rotatable bonds is 3. The van der Waals surface area contributed by atoms with Gasteiger partial charge in [-0.25, -0.2) is 0 Å². The van der Waals surface area contributed by atoms with Crippen molar-refractivity contribution in [3.63, 3.8) is 0 Å². The SMILES string of the molecule is CC(C)C(N)C1(C(=O)O)COC1. The predicted molar refractivity (Wildman–Crippen MR) is 43.7 cm³/mol. The number of ether oxygens (including phenoxy) is 1. The summed E-state index contributed by atoms with van der Waals surface area (Å²) in [5.74, 6) is -0.667. The third-order valence-electron chi connectivity index (χ3n) is 2.50. The molecule has 70 valence electrons. The lowest BCUT2D eigenvalue weighted by Gasteiger charge is -2.43. The number of carbonyl (C=O) groups is 1. The minimum absolute atomic E-state index is 0.171. The molecule has 0 bridgehead atoms. The fraction of sp³-hybridized carbons (Fsp3) is 0.875. The van der Waals surface area contributed by atoms with Crippen LogP contribution in [0, 0.1) is 11.3 Å². The summed E-state index contributed by atoms with van der Waals surface area (Å²) in [6, 6.07) is -0.316. The van der Waals surface area contributed by atoms with Crippen LogP contribution in [0.5, 0.6) is 0 Å². The first kappa shape index (κ1) is 9.48. The van der Waals surface area contributed by atoms with E-state index >= 15 is 0 Å². The molecule has 0 radical (unpaired) electrons. The maximum atomic E-state index is 10.9. The van der Waals surface area contributed by atoms with Gasteiger partial charge >= 0.3 is 5.97 Å². The van der Waals surface area contributed by atoms with Crippen molar-refractivity contribution in [2.75, 3.05) is 13.2 Å². The van der Waals surface area contributed by atoms with E-state index < -0.39 is 11.4 Å². The summed E-state index contributed by atoms with van der Waals surface area (Å²) in [6.45, 7) is 4.35. The monoisotopic (exact) mass is 173 g/mol. The van der Waals surface area contributed by atoms with E-state index in [9.17, 15) is 4.79 Å². The Bertz CT molecular complexity index is 187. The van der Waals surface area contributed by atoms with Crippen molar-refractivity contribution in [2.24, 2.45) is 17.1 Å². The summed E-state index contributed by atoms with van der Waals surface area (Å²) in [5, 5.41) is 8.94. The van der Waals surface area contributed by atoms with E-state index in [2.05, 4.69) is 0 Å². The normalized spacial score (nSPS) is 23.3. The Morgan fingerprint density at radius 1 is 1.58 bits per heavy atom. The highest BCUT2D eigenvalue weighted by Gasteiger charge is 2.51. The summed E-state index contributed by atoms with van der Waals surface area (Å²) in [7, 11) is 0. The molecule has 4 nitrogen and oxygen atoms in total. The lowest BCUT2D eigenvalue weighted by molar-refractivity contribution is -0.186. The van der Waals surface area contributed by atoms with Gasteiger partial charge in [0.15, 0.2) is 0 Å². The average Bonchev–Trinajstić information content (AvgIpc) is 1.83. The second-order valence-corrected chi connectivity index (χ2v) is 3.72. The topological polar surface area (TPSA) is 72.6 Å². The Morgan fingerprint density at radius 2 is 2.08 bits per heavy atom. The van der Waals surface area contributed by atoms with Crippen molar-refractivity contribution in [1.82, 2.24) is 0 Å². The van der Waals surface area contributed by atoms with E-state index in [4.69, 9.17) is 15.6 Å². The third-order valence-corrected chi connectivity index (χ3v) is 2.50. The molecule has 1 aliphatic heterocycles. The van der Waals surface area contributed by atoms with Gasteiger partial charge in [-0.05, 0) is 5.92 Å². The summed E-state index contributed by atoms with van der Waals surface area (Å²) in [5.41, 5.74) is 4.97. The molecule has 1 fully saturated rings. The van der Waals surface area contributed by atoms with Gasteiger partial charge in [-0.2, -0.15) is 0 Å². The van der Waals surface area contributed by atoms with Crippen molar-refractivity contribution < 1.29 is 14.6 Å². The van der Waals surface area contributed by atoms with E-state index in [0.29, 0.717) is 0 Å². The van der Waals surface area contributed by atoms with Crippen LogP contribution < -0.4 is 5.73 Å². The second-order valence-electron chi connectivity index (χ2n) is 3.72. The number of hydrogen-bond donors (Lipinski definition) is 2. The zero-order chi connectivity index (χ0) is 9.35. The van der Waals surface area contributed by atoms with Crippen LogP contribution in [0.1, 0.15) is 13.8 Å². The second kappa shape index (κ2) is 3.03. The van der Waals surface area contributed by atoms with E-state index in [1.807, 2.05) is 13.8 Å². The van der Waals surface area contributed by atoms with Gasteiger partial charge in [-0.3, -0.25) is 4.79 Å². The molecule has 0 spiro atoms. The van der Waals surface area contributed by atoms with Crippen LogP contribution >= 0.6 is 0 Å². The number of carboxylic acids is 1. The third kappa shape index (κ3) is 1.21. The molecule has 0 aliphatic carbocycles. The van der Waals surface area contributed by atoms with Crippen LogP contribution in [-0.4, -0.2) is 30.3 Å². The van der Waals surface area contributed by atoms with Crippen LogP contribution in [0.2, 0.25) is 0 Å². The van der Waals surface area contributed by atoms with Crippen molar-refractivity contribution in [3.8, 4) is 0 Å². The molecule has 1 aliphatic rings. The molecule has 1 rings (SSSR count). The van der Waals surface area contributed by atoms with Crippen LogP contribution in [-0.2, 0) is 9.53 Å². The van der Waals surface area contributed by atoms with Gasteiger partial charge in [0.05, 0.1) is 13.2 Å². The minimum atomic E-state index is -0.838. The first-order valence-electron chi connectivity index (χ1n) is 4.07. The van der Waals surface area contributed by atoms with Crippen molar-refractivity contribution >= 4 is 5.97 Å². The molecule has 12 heavy (non-hydrogen) atoms. The fourth-order valence-electron chi connectivity index (χ4n) is 1.42. The van der Waals surface area contributed by atoms with E-state index in [-0.39, 0.29) is 25.2 Å². The maximum absolute atomic E-state index is 10.9. The van der Waals surface area contributed by atoms with E-state index in [1.54, 1.807) is 0 Å². The zero-order valence-electron chi connectivity index (χ0n) is 7.41. The summed E-state index contributed by atoms with van der Waals surface area (Å²) in [4.78, 5) is 10.9. The van der Waals surface area contributed by atoms with Crippen LogP contribution in [0.4, 0.5) is 0 Å². The molecule has 1 atom stereocenters. The molecule has 0 aromatic rings. The Balaban J connectivity index is 2.73. The van der Waals surface area contributed by atoms with Gasteiger partial charge in [0.1, 0.15) is 5.41 Å². The molecule has 1 unspecified atom stereocenters. The molecule has 1 saturated heterocycles. The molecular weight excluding hydrogens is 158 g/mol. The number of nitrogens with two attached hydrogens (primary N) is 1. The summed E-state index contributed by atoms with van der Waals surface area (Å²) < 4.78 is 4.91. The van der Waals surface area contributed by atoms with Gasteiger partial charge in [0.25, 0.3) is 0 Å². The first-order valence-corrected chi connectivity index (χ1v) is 4.07. The van der Waals surface area contributed by atoms with Gasteiger partial charge in [-0.15, -0.1) is 0 Å². The molecule has 0 saturated carbocycles. The highest BCUT2D eigenvalue weighted by atomic mass is 16.5. The Hall–Kier alpha value is -0.610. The molecule has 0 aromatic carbocycles. The minimum Gasteiger partial charge on any atom is -0.481 e. The standard InChI is InChI=1S/C8H15NO3/c1-5(2)6(9)8(7(10)11)3-12-4-8/h5-6H,3-4,9H2,1-2H3,(H,10,11). The highest BCUT2D eigenvalue weighted by molar-refractivity contribution is 5.77. The van der Waals surface area contributed by atoms with Crippen molar-refractivity contribution in [1.29, 1.82) is 0 Å². The molecule has 1 heterocycles. The lowest BCUT2D eigenvalue weighted by Crippen LogP contribution is -2.61. The number of carboxylic acid groups (broad SMARTS) is 1. The molecule has 0 amide bonds. The smallest absolute Gasteiger partial charge is 0.315 e. The Kier molecular flexibility index (Phi) is 2.39. The highest BCUT2D eigenvalue weighted by Crippen LogP contribution is 2.33. The molecule has 3 N–H and O–H groups in total. The van der Waals surface area contributed by atoms with Crippen molar-refractivity contribution in [2.45, 2.75) is 19.9 Å². The van der Waals surface area contributed by atoms with Gasteiger partial charge in [-0.1, -0.05) is 13.8 Å². The van der Waals surface area contributed by atoms with Crippen LogP contribution in [0.3, 0.4) is 0 Å². The Labute approximate surface area is 71.7 Å². The summed E-state index contributed by atoms with van der Waals surface area (Å²) >= 11 is 0. The van der Waals surface area contributed by atoms with E-state index in [0.717, 1.165) is 0 Å². The van der Waals surface area contributed by atoms with Crippen LogP contribution in [0.25, 0.3) is 0 Å². The fourth-order valence-corrected chi connectivity index (χ4v) is 1.42. The maximum Gasteiger partial charge on any atom is 0.315 e. The summed E-state index contributed by atoms with van der Waals surface area (Å²) in [6.07, 6.45) is 0.